The molecule has 0 saturated heterocycles. The molecule has 0 spiro atoms. The Labute approximate surface area is 114 Å². The molecular weight excluding hydrogens is 242 g/mol. The minimum atomic E-state index is 0.0795. The van der Waals surface area contributed by atoms with Gasteiger partial charge in [0.25, 0.3) is 0 Å². The lowest BCUT2D eigenvalue weighted by atomic mass is 10.1. The maximum Gasteiger partial charge on any atom is 0.231 e. The van der Waals surface area contributed by atoms with Gasteiger partial charge >= 0.3 is 0 Å². The van der Waals surface area contributed by atoms with Crippen molar-refractivity contribution in [2.75, 3.05) is 13.4 Å². The van der Waals surface area contributed by atoms with Crippen LogP contribution in [-0.4, -0.2) is 19.4 Å². The van der Waals surface area contributed by atoms with Crippen molar-refractivity contribution in [1.82, 2.24) is 0 Å². The molecule has 0 radical (unpaired) electrons. The van der Waals surface area contributed by atoms with Crippen molar-refractivity contribution in [2.45, 2.75) is 32.2 Å². The molecule has 0 aromatic heterocycles. The summed E-state index contributed by atoms with van der Waals surface area (Å²) in [5.41, 5.74) is 6.94. The van der Waals surface area contributed by atoms with Gasteiger partial charge < -0.3 is 19.9 Å². The van der Waals surface area contributed by atoms with Crippen LogP contribution in [0.1, 0.15) is 25.3 Å². The smallest absolute Gasteiger partial charge is 0.231 e. The Hall–Kier alpha value is -1.68. The summed E-state index contributed by atoms with van der Waals surface area (Å²) in [6.07, 6.45) is 4.56. The van der Waals surface area contributed by atoms with E-state index in [0.29, 0.717) is 6.61 Å². The Bertz CT molecular complexity index is 443. The number of ether oxygens (including phenoxy) is 3. The topological polar surface area (TPSA) is 53.7 Å². The first kappa shape index (κ1) is 13.7. The number of hydrogen-bond donors (Lipinski definition) is 1. The summed E-state index contributed by atoms with van der Waals surface area (Å²) in [7, 11) is 0. The number of nitrogens with two attached hydrogens (primary N) is 1. The SMILES string of the molecule is C=CCCCOc1cc2c(cc1CC(C)N)OCO2. The van der Waals surface area contributed by atoms with Crippen LogP contribution in [0.5, 0.6) is 17.2 Å². The summed E-state index contributed by atoms with van der Waals surface area (Å²) in [5.74, 6) is 2.35. The maximum atomic E-state index is 5.87. The van der Waals surface area contributed by atoms with Gasteiger partial charge in [0, 0.05) is 12.1 Å². The third-order valence-corrected chi connectivity index (χ3v) is 2.91. The summed E-state index contributed by atoms with van der Waals surface area (Å²) >= 11 is 0. The maximum absolute atomic E-state index is 5.87. The Morgan fingerprint density at radius 2 is 2.16 bits per heavy atom. The van der Waals surface area contributed by atoms with E-state index in [1.54, 1.807) is 0 Å². The zero-order valence-electron chi connectivity index (χ0n) is 11.4. The molecule has 4 heteroatoms. The second-order valence-electron chi connectivity index (χ2n) is 4.77. The minimum absolute atomic E-state index is 0.0795. The number of benzene rings is 1. The molecule has 0 aliphatic carbocycles. The Kier molecular flexibility index (Phi) is 4.68. The Morgan fingerprint density at radius 1 is 1.42 bits per heavy atom. The molecule has 19 heavy (non-hydrogen) atoms. The second kappa shape index (κ2) is 6.48. The molecule has 0 fully saturated rings. The molecule has 1 aliphatic heterocycles. The predicted molar refractivity (Wildman–Crippen MR) is 74.8 cm³/mol. The molecule has 0 amide bonds. The van der Waals surface area contributed by atoms with Crippen LogP contribution in [0.4, 0.5) is 0 Å². The van der Waals surface area contributed by atoms with Crippen LogP contribution in [0, 0.1) is 0 Å². The van der Waals surface area contributed by atoms with E-state index in [1.165, 1.54) is 0 Å². The van der Waals surface area contributed by atoms with Gasteiger partial charge in [0.2, 0.25) is 6.79 Å². The Balaban J connectivity index is 2.11. The fourth-order valence-corrected chi connectivity index (χ4v) is 2.02. The molecular formula is C15H21NO3. The van der Waals surface area contributed by atoms with Crippen LogP contribution in [0.15, 0.2) is 24.8 Å². The standard InChI is InChI=1S/C15H21NO3/c1-3-4-5-6-17-13-9-15-14(18-10-19-15)8-12(13)7-11(2)16/h3,8-9,11H,1,4-7,10,16H2,2H3. The van der Waals surface area contributed by atoms with E-state index in [4.69, 9.17) is 19.9 Å². The fraction of sp³-hybridized carbons (Fsp3) is 0.467. The van der Waals surface area contributed by atoms with Crippen molar-refractivity contribution in [3.63, 3.8) is 0 Å². The van der Waals surface area contributed by atoms with Crippen LogP contribution >= 0.6 is 0 Å². The third-order valence-electron chi connectivity index (χ3n) is 2.91. The van der Waals surface area contributed by atoms with Crippen molar-refractivity contribution in [2.24, 2.45) is 5.73 Å². The molecule has 1 aliphatic rings. The van der Waals surface area contributed by atoms with Gasteiger partial charge in [-0.2, -0.15) is 0 Å². The van der Waals surface area contributed by atoms with Gasteiger partial charge in [0.15, 0.2) is 11.5 Å². The van der Waals surface area contributed by atoms with Crippen LogP contribution in [0.2, 0.25) is 0 Å². The molecule has 1 atom stereocenters. The lowest BCUT2D eigenvalue weighted by Gasteiger charge is -2.14. The number of allylic oxidation sites excluding steroid dienone is 1. The van der Waals surface area contributed by atoms with E-state index in [9.17, 15) is 0 Å². The van der Waals surface area contributed by atoms with Gasteiger partial charge in [0.05, 0.1) is 6.61 Å². The fourth-order valence-electron chi connectivity index (χ4n) is 2.02. The average molecular weight is 263 g/mol. The van der Waals surface area contributed by atoms with E-state index in [1.807, 2.05) is 25.1 Å². The summed E-state index contributed by atoms with van der Waals surface area (Å²) in [6.45, 7) is 6.61. The van der Waals surface area contributed by atoms with Crippen molar-refractivity contribution < 1.29 is 14.2 Å². The number of rotatable bonds is 7. The van der Waals surface area contributed by atoms with Crippen molar-refractivity contribution in [3.05, 3.63) is 30.4 Å². The minimum Gasteiger partial charge on any atom is -0.493 e. The molecule has 2 N–H and O–H groups in total. The third kappa shape index (κ3) is 3.64. The predicted octanol–water partition coefficient (Wildman–Crippen LogP) is 2.65. The lowest BCUT2D eigenvalue weighted by Crippen LogP contribution is -2.18. The van der Waals surface area contributed by atoms with Crippen molar-refractivity contribution in [1.29, 1.82) is 0 Å². The highest BCUT2D eigenvalue weighted by Gasteiger charge is 2.18. The van der Waals surface area contributed by atoms with Gasteiger partial charge in [-0.15, -0.1) is 6.58 Å². The highest BCUT2D eigenvalue weighted by Crippen LogP contribution is 2.38. The van der Waals surface area contributed by atoms with Gasteiger partial charge in [-0.25, -0.2) is 0 Å². The monoisotopic (exact) mass is 263 g/mol. The van der Waals surface area contributed by atoms with E-state index in [2.05, 4.69) is 6.58 Å². The number of hydrogen-bond acceptors (Lipinski definition) is 4. The van der Waals surface area contributed by atoms with Crippen LogP contribution in [0.3, 0.4) is 0 Å². The summed E-state index contributed by atoms with van der Waals surface area (Å²) < 4.78 is 16.6. The van der Waals surface area contributed by atoms with Crippen LogP contribution in [0.25, 0.3) is 0 Å². The molecule has 1 unspecified atom stereocenters. The van der Waals surface area contributed by atoms with E-state index in [-0.39, 0.29) is 12.8 Å². The van der Waals surface area contributed by atoms with Gasteiger partial charge in [-0.1, -0.05) is 6.08 Å². The molecule has 104 valence electrons. The number of unbranched alkanes of at least 4 members (excludes halogenated alkanes) is 1. The van der Waals surface area contributed by atoms with Crippen molar-refractivity contribution >= 4 is 0 Å². The molecule has 1 aromatic carbocycles. The molecule has 2 rings (SSSR count). The lowest BCUT2D eigenvalue weighted by molar-refractivity contribution is 0.173. The first-order valence-corrected chi connectivity index (χ1v) is 6.62. The highest BCUT2D eigenvalue weighted by molar-refractivity contribution is 5.52. The zero-order chi connectivity index (χ0) is 13.7. The molecule has 1 heterocycles. The number of fused-ring (bicyclic) bond motifs is 1. The normalized spacial score (nSPS) is 14.2. The van der Waals surface area contributed by atoms with Crippen LogP contribution in [-0.2, 0) is 6.42 Å². The van der Waals surface area contributed by atoms with Crippen molar-refractivity contribution in [3.8, 4) is 17.2 Å². The summed E-state index contributed by atoms with van der Waals surface area (Å²) in [6, 6.07) is 3.94. The van der Waals surface area contributed by atoms with E-state index in [0.717, 1.165) is 42.1 Å². The van der Waals surface area contributed by atoms with E-state index < -0.39 is 0 Å². The Morgan fingerprint density at radius 3 is 2.84 bits per heavy atom. The van der Waals surface area contributed by atoms with E-state index >= 15 is 0 Å². The van der Waals surface area contributed by atoms with Gasteiger partial charge in [0.1, 0.15) is 5.75 Å². The highest BCUT2D eigenvalue weighted by atomic mass is 16.7. The first-order valence-electron chi connectivity index (χ1n) is 6.62. The molecule has 4 nitrogen and oxygen atoms in total. The molecule has 0 saturated carbocycles. The largest absolute Gasteiger partial charge is 0.493 e. The second-order valence-corrected chi connectivity index (χ2v) is 4.77. The average Bonchev–Trinajstić information content (AvgIpc) is 2.81. The molecule has 1 aromatic rings. The first-order chi connectivity index (χ1) is 9.20. The van der Waals surface area contributed by atoms with Gasteiger partial charge in [-0.3, -0.25) is 0 Å². The summed E-state index contributed by atoms with van der Waals surface area (Å²) in [4.78, 5) is 0. The van der Waals surface area contributed by atoms with Gasteiger partial charge in [-0.05, 0) is 37.8 Å². The summed E-state index contributed by atoms with van der Waals surface area (Å²) in [5, 5.41) is 0. The molecule has 0 bridgehead atoms. The quantitative estimate of drug-likeness (QED) is 0.607. The van der Waals surface area contributed by atoms with Crippen LogP contribution < -0.4 is 19.9 Å². The zero-order valence-corrected chi connectivity index (χ0v) is 11.4.